The normalized spacial score (nSPS) is 13.3. The zero-order chi connectivity index (χ0) is 15.4. The molecule has 0 fully saturated rings. The summed E-state index contributed by atoms with van der Waals surface area (Å²) in [6.45, 7) is 1.09. The number of benzene rings is 1. The van der Waals surface area contributed by atoms with E-state index in [0.717, 1.165) is 11.1 Å². The van der Waals surface area contributed by atoms with Crippen molar-refractivity contribution in [3.8, 4) is 11.5 Å². The fraction of sp³-hybridized carbons (Fsp3) is 0.188. The molecular weight excluding hydrogens is 324 g/mol. The van der Waals surface area contributed by atoms with Crippen LogP contribution in [-0.4, -0.2) is 19.2 Å². The van der Waals surface area contributed by atoms with E-state index in [-0.39, 0.29) is 6.61 Å². The first kappa shape index (κ1) is 14.9. The number of hydrogen-bond donors (Lipinski definition) is 0. The van der Waals surface area contributed by atoms with Gasteiger partial charge in [-0.15, -0.1) is 0 Å². The maximum atomic E-state index is 11.7. The number of fused-ring (bicyclic) bond motifs is 1. The minimum Gasteiger partial charge on any atom is -0.486 e. The SMILES string of the molecule is O=C(/C=C/c1ccsc1)OCc1cc(Cl)c2c(c1)OCCO2. The van der Waals surface area contributed by atoms with Gasteiger partial charge < -0.3 is 14.2 Å². The molecule has 2 aromatic rings. The van der Waals surface area contributed by atoms with Crippen LogP contribution in [0.3, 0.4) is 0 Å². The minimum atomic E-state index is -0.405. The minimum absolute atomic E-state index is 0.128. The first-order valence-electron chi connectivity index (χ1n) is 6.67. The van der Waals surface area contributed by atoms with Crippen molar-refractivity contribution in [1.29, 1.82) is 0 Å². The van der Waals surface area contributed by atoms with E-state index in [1.807, 2.05) is 16.8 Å². The highest BCUT2D eigenvalue weighted by atomic mass is 35.5. The van der Waals surface area contributed by atoms with E-state index in [0.29, 0.717) is 29.7 Å². The molecule has 0 atom stereocenters. The smallest absolute Gasteiger partial charge is 0.331 e. The highest BCUT2D eigenvalue weighted by Crippen LogP contribution is 2.38. The molecule has 0 N–H and O–H groups in total. The van der Waals surface area contributed by atoms with Gasteiger partial charge in [-0.25, -0.2) is 4.79 Å². The van der Waals surface area contributed by atoms with Crippen molar-refractivity contribution in [2.24, 2.45) is 0 Å². The van der Waals surface area contributed by atoms with Crippen LogP contribution in [0.2, 0.25) is 5.02 Å². The fourth-order valence-electron chi connectivity index (χ4n) is 1.98. The molecule has 0 unspecified atom stereocenters. The van der Waals surface area contributed by atoms with Crippen LogP contribution in [0.25, 0.3) is 6.08 Å². The van der Waals surface area contributed by atoms with E-state index < -0.39 is 5.97 Å². The Balaban J connectivity index is 1.61. The molecule has 0 spiro atoms. The number of ether oxygens (including phenoxy) is 3. The van der Waals surface area contributed by atoms with Crippen LogP contribution < -0.4 is 9.47 Å². The third-order valence-electron chi connectivity index (χ3n) is 2.99. The molecule has 1 aromatic carbocycles. The summed E-state index contributed by atoms with van der Waals surface area (Å²) in [7, 11) is 0. The summed E-state index contributed by atoms with van der Waals surface area (Å²) in [5.41, 5.74) is 1.73. The summed E-state index contributed by atoms with van der Waals surface area (Å²) in [5, 5.41) is 4.35. The molecule has 1 aromatic heterocycles. The molecule has 0 saturated carbocycles. The van der Waals surface area contributed by atoms with Gasteiger partial charge in [0.05, 0.1) is 5.02 Å². The quantitative estimate of drug-likeness (QED) is 0.627. The van der Waals surface area contributed by atoms with E-state index in [1.54, 1.807) is 29.5 Å². The number of hydrogen-bond acceptors (Lipinski definition) is 5. The lowest BCUT2D eigenvalue weighted by molar-refractivity contribution is -0.138. The Kier molecular flexibility index (Phi) is 4.65. The predicted molar refractivity (Wildman–Crippen MR) is 85.6 cm³/mol. The zero-order valence-corrected chi connectivity index (χ0v) is 13.2. The summed E-state index contributed by atoms with van der Waals surface area (Å²) >= 11 is 7.71. The Morgan fingerprint density at radius 1 is 1.36 bits per heavy atom. The number of esters is 1. The van der Waals surface area contributed by atoms with Gasteiger partial charge in [0, 0.05) is 6.08 Å². The standard InChI is InChI=1S/C16H13ClO4S/c17-13-7-12(8-14-16(13)20-5-4-19-14)9-21-15(18)2-1-11-3-6-22-10-11/h1-3,6-8,10H,4-5,9H2/b2-1+. The lowest BCUT2D eigenvalue weighted by Gasteiger charge is -2.20. The maximum absolute atomic E-state index is 11.7. The Labute approximate surface area is 136 Å². The van der Waals surface area contributed by atoms with E-state index in [4.69, 9.17) is 25.8 Å². The van der Waals surface area contributed by atoms with Gasteiger partial charge in [-0.1, -0.05) is 11.6 Å². The second-order valence-corrected chi connectivity index (χ2v) is 5.79. The summed E-state index contributed by atoms with van der Waals surface area (Å²) in [5.74, 6) is 0.719. The summed E-state index contributed by atoms with van der Waals surface area (Å²) in [6, 6.07) is 5.41. The van der Waals surface area contributed by atoms with Crippen molar-refractivity contribution in [2.75, 3.05) is 13.2 Å². The molecule has 0 saturated heterocycles. The molecule has 0 aliphatic carbocycles. The Morgan fingerprint density at radius 3 is 3.05 bits per heavy atom. The van der Waals surface area contributed by atoms with Crippen LogP contribution >= 0.6 is 22.9 Å². The molecule has 3 rings (SSSR count). The van der Waals surface area contributed by atoms with Crippen molar-refractivity contribution in [3.05, 3.63) is 51.2 Å². The molecule has 114 valence electrons. The summed E-state index contributed by atoms with van der Waals surface area (Å²) < 4.78 is 16.1. The number of halogens is 1. The van der Waals surface area contributed by atoms with Gasteiger partial charge in [0.1, 0.15) is 19.8 Å². The van der Waals surface area contributed by atoms with E-state index in [2.05, 4.69) is 0 Å². The van der Waals surface area contributed by atoms with E-state index >= 15 is 0 Å². The number of carbonyl (C=O) groups excluding carboxylic acids is 1. The average Bonchev–Trinajstić information content (AvgIpc) is 3.04. The molecule has 2 heterocycles. The maximum Gasteiger partial charge on any atom is 0.331 e. The van der Waals surface area contributed by atoms with Crippen LogP contribution in [-0.2, 0) is 16.1 Å². The predicted octanol–water partition coefficient (Wildman–Crippen LogP) is 3.93. The van der Waals surface area contributed by atoms with Gasteiger partial charge in [0.2, 0.25) is 0 Å². The van der Waals surface area contributed by atoms with E-state index in [9.17, 15) is 4.79 Å². The third-order valence-corrected chi connectivity index (χ3v) is 3.97. The van der Waals surface area contributed by atoms with Crippen molar-refractivity contribution in [2.45, 2.75) is 6.61 Å². The van der Waals surface area contributed by atoms with Crippen LogP contribution in [0.4, 0.5) is 0 Å². The lowest BCUT2D eigenvalue weighted by Crippen LogP contribution is -2.16. The summed E-state index contributed by atoms with van der Waals surface area (Å²) in [4.78, 5) is 11.7. The molecule has 4 nitrogen and oxygen atoms in total. The molecule has 1 aliphatic rings. The monoisotopic (exact) mass is 336 g/mol. The highest BCUT2D eigenvalue weighted by Gasteiger charge is 2.16. The van der Waals surface area contributed by atoms with Gasteiger partial charge in [-0.2, -0.15) is 11.3 Å². The second-order valence-electron chi connectivity index (χ2n) is 4.60. The van der Waals surface area contributed by atoms with Gasteiger partial charge in [-0.3, -0.25) is 0 Å². The van der Waals surface area contributed by atoms with Gasteiger partial charge in [-0.05, 0) is 46.2 Å². The Bertz CT molecular complexity index is 694. The van der Waals surface area contributed by atoms with Crippen molar-refractivity contribution < 1.29 is 19.0 Å². The Morgan fingerprint density at radius 2 is 2.23 bits per heavy atom. The molecule has 6 heteroatoms. The first-order valence-corrected chi connectivity index (χ1v) is 7.99. The number of rotatable bonds is 4. The first-order chi connectivity index (χ1) is 10.7. The van der Waals surface area contributed by atoms with Gasteiger partial charge >= 0.3 is 5.97 Å². The summed E-state index contributed by atoms with van der Waals surface area (Å²) in [6.07, 6.45) is 3.12. The lowest BCUT2D eigenvalue weighted by atomic mass is 10.2. The molecule has 0 amide bonds. The average molecular weight is 337 g/mol. The zero-order valence-electron chi connectivity index (χ0n) is 11.6. The topological polar surface area (TPSA) is 44.8 Å². The molecule has 0 bridgehead atoms. The molecule has 1 aliphatic heterocycles. The largest absolute Gasteiger partial charge is 0.486 e. The van der Waals surface area contributed by atoms with Gasteiger partial charge in [0.15, 0.2) is 11.5 Å². The van der Waals surface area contributed by atoms with Crippen LogP contribution in [0.15, 0.2) is 35.0 Å². The van der Waals surface area contributed by atoms with E-state index in [1.165, 1.54) is 6.08 Å². The molecule has 22 heavy (non-hydrogen) atoms. The van der Waals surface area contributed by atoms with Crippen LogP contribution in [0, 0.1) is 0 Å². The van der Waals surface area contributed by atoms with Crippen molar-refractivity contribution in [3.63, 3.8) is 0 Å². The van der Waals surface area contributed by atoms with Gasteiger partial charge in [0.25, 0.3) is 0 Å². The highest BCUT2D eigenvalue weighted by molar-refractivity contribution is 7.08. The van der Waals surface area contributed by atoms with Crippen molar-refractivity contribution in [1.82, 2.24) is 0 Å². The Hall–Kier alpha value is -1.98. The van der Waals surface area contributed by atoms with Crippen molar-refractivity contribution >= 4 is 35.0 Å². The third kappa shape index (κ3) is 3.61. The van der Waals surface area contributed by atoms with Crippen LogP contribution in [0.1, 0.15) is 11.1 Å². The number of thiophene rings is 1. The fourth-order valence-corrected chi connectivity index (χ4v) is 2.90. The number of carbonyl (C=O) groups is 1. The molecule has 0 radical (unpaired) electrons. The van der Waals surface area contributed by atoms with Crippen LogP contribution in [0.5, 0.6) is 11.5 Å². The molecular formula is C16H13ClO4S. The second kappa shape index (κ2) is 6.85.